The van der Waals surface area contributed by atoms with Gasteiger partial charge in [-0.2, -0.15) is 5.26 Å². The van der Waals surface area contributed by atoms with Gasteiger partial charge in [0.15, 0.2) is 0 Å². The van der Waals surface area contributed by atoms with Crippen LogP contribution < -0.4 is 10.6 Å². The second-order valence-corrected chi connectivity index (χ2v) is 4.25. The smallest absolute Gasteiger partial charge is 0.0994 e. The molecule has 17 heavy (non-hydrogen) atoms. The number of hydrogen-bond acceptors (Lipinski definition) is 4. The van der Waals surface area contributed by atoms with Crippen molar-refractivity contribution in [2.75, 3.05) is 31.6 Å². The number of benzene rings is 1. The van der Waals surface area contributed by atoms with E-state index in [0.717, 1.165) is 43.1 Å². The van der Waals surface area contributed by atoms with Crippen molar-refractivity contribution in [3.05, 3.63) is 29.3 Å². The maximum absolute atomic E-state index is 8.85. The third-order valence-electron chi connectivity index (χ3n) is 2.90. The van der Waals surface area contributed by atoms with Crippen LogP contribution in [0.3, 0.4) is 0 Å². The predicted molar refractivity (Wildman–Crippen MR) is 67.0 cm³/mol. The highest BCUT2D eigenvalue weighted by Crippen LogP contribution is 2.14. The quantitative estimate of drug-likeness (QED) is 0.822. The molecule has 1 aromatic carbocycles. The van der Waals surface area contributed by atoms with E-state index in [1.54, 1.807) is 0 Å². The first-order valence-corrected chi connectivity index (χ1v) is 5.85. The number of hydrogen-bond donors (Lipinski definition) is 2. The van der Waals surface area contributed by atoms with Gasteiger partial charge in [0.25, 0.3) is 0 Å². The van der Waals surface area contributed by atoms with Crippen LogP contribution in [0.5, 0.6) is 0 Å². The molecular weight excluding hydrogens is 214 g/mol. The minimum absolute atomic E-state index is 0.361. The van der Waals surface area contributed by atoms with Crippen LogP contribution in [-0.4, -0.2) is 32.3 Å². The molecule has 0 aliphatic carbocycles. The second-order valence-electron chi connectivity index (χ2n) is 4.25. The topological polar surface area (TPSA) is 57.1 Å². The van der Waals surface area contributed by atoms with Gasteiger partial charge in [-0.05, 0) is 30.7 Å². The summed E-state index contributed by atoms with van der Waals surface area (Å²) in [7, 11) is 0. The van der Waals surface area contributed by atoms with Gasteiger partial charge < -0.3 is 15.4 Å². The number of nitriles is 1. The summed E-state index contributed by atoms with van der Waals surface area (Å²) in [5.41, 5.74) is 2.79. The second kappa shape index (κ2) is 5.67. The largest absolute Gasteiger partial charge is 0.383 e. The fraction of sp³-hybridized carbons (Fsp3) is 0.462. The molecule has 1 aliphatic rings. The molecule has 0 amide bonds. The Hall–Kier alpha value is -1.57. The lowest BCUT2D eigenvalue weighted by Gasteiger charge is -2.24. The molecule has 1 atom stereocenters. The van der Waals surface area contributed by atoms with Gasteiger partial charge in [-0.1, -0.05) is 0 Å². The van der Waals surface area contributed by atoms with Gasteiger partial charge in [-0.25, -0.2) is 0 Å². The highest BCUT2D eigenvalue weighted by molar-refractivity contribution is 5.51. The zero-order valence-electron chi connectivity index (χ0n) is 9.99. The van der Waals surface area contributed by atoms with Crippen molar-refractivity contribution in [3.8, 4) is 6.07 Å². The van der Waals surface area contributed by atoms with Crippen molar-refractivity contribution in [1.29, 1.82) is 5.26 Å². The van der Waals surface area contributed by atoms with Crippen LogP contribution in [0.4, 0.5) is 5.69 Å². The summed E-state index contributed by atoms with van der Waals surface area (Å²) in [6.45, 7) is 5.25. The third-order valence-corrected chi connectivity index (χ3v) is 2.90. The van der Waals surface area contributed by atoms with Crippen LogP contribution >= 0.6 is 0 Å². The maximum atomic E-state index is 8.85. The Bertz CT molecular complexity index is 419. The Morgan fingerprint density at radius 2 is 2.47 bits per heavy atom. The summed E-state index contributed by atoms with van der Waals surface area (Å²) in [6, 6.07) is 8.32. The molecule has 0 radical (unpaired) electrons. The Labute approximate surface area is 102 Å². The maximum Gasteiger partial charge on any atom is 0.0994 e. The Morgan fingerprint density at radius 1 is 1.59 bits per heavy atom. The Balaban J connectivity index is 1.90. The minimum atomic E-state index is 0.361. The third kappa shape index (κ3) is 3.19. The van der Waals surface area contributed by atoms with E-state index in [2.05, 4.69) is 16.7 Å². The zero-order chi connectivity index (χ0) is 12.1. The molecule has 1 heterocycles. The van der Waals surface area contributed by atoms with E-state index in [4.69, 9.17) is 10.00 Å². The molecule has 1 aromatic rings. The number of aryl methyl sites for hydroxylation is 1. The molecular formula is C13H17N3O. The number of morpholine rings is 1. The Kier molecular flexibility index (Phi) is 3.97. The van der Waals surface area contributed by atoms with Crippen LogP contribution in [0.2, 0.25) is 0 Å². The molecule has 4 heteroatoms. The summed E-state index contributed by atoms with van der Waals surface area (Å²) in [4.78, 5) is 0. The molecule has 0 saturated carbocycles. The number of ether oxygens (including phenoxy) is 1. The molecule has 0 aromatic heterocycles. The van der Waals surface area contributed by atoms with Gasteiger partial charge in [-0.3, -0.25) is 0 Å². The van der Waals surface area contributed by atoms with E-state index in [-0.39, 0.29) is 0 Å². The van der Waals surface area contributed by atoms with Crippen LogP contribution in [0.25, 0.3) is 0 Å². The molecule has 0 spiro atoms. The van der Waals surface area contributed by atoms with Crippen molar-refractivity contribution < 1.29 is 4.74 Å². The van der Waals surface area contributed by atoms with Crippen molar-refractivity contribution >= 4 is 5.69 Å². The first kappa shape index (κ1) is 11.9. The lowest BCUT2D eigenvalue weighted by Crippen LogP contribution is -2.45. The molecule has 2 N–H and O–H groups in total. The van der Waals surface area contributed by atoms with Gasteiger partial charge in [0.1, 0.15) is 0 Å². The van der Waals surface area contributed by atoms with Crippen LogP contribution in [0, 0.1) is 18.3 Å². The van der Waals surface area contributed by atoms with E-state index < -0.39 is 0 Å². The van der Waals surface area contributed by atoms with Gasteiger partial charge >= 0.3 is 0 Å². The highest BCUT2D eigenvalue weighted by Gasteiger charge is 2.12. The van der Waals surface area contributed by atoms with Crippen LogP contribution in [-0.2, 0) is 4.74 Å². The van der Waals surface area contributed by atoms with Crippen molar-refractivity contribution in [1.82, 2.24) is 5.32 Å². The first-order valence-electron chi connectivity index (χ1n) is 5.85. The number of nitrogens with one attached hydrogen (secondary N) is 2. The standard InChI is InChI=1S/C13H17N3O/c1-10-6-12(3-2-11(10)7-14)16-8-13-9-17-5-4-15-13/h2-3,6,13,15-16H,4-5,8-9H2,1H3. The molecule has 1 unspecified atom stereocenters. The summed E-state index contributed by atoms with van der Waals surface area (Å²) in [5.74, 6) is 0. The molecule has 1 fully saturated rings. The van der Waals surface area contributed by atoms with Gasteiger partial charge in [-0.15, -0.1) is 0 Å². The number of nitrogens with zero attached hydrogens (tertiary/aromatic N) is 1. The van der Waals surface area contributed by atoms with E-state index in [1.807, 2.05) is 25.1 Å². The van der Waals surface area contributed by atoms with Gasteiger partial charge in [0.05, 0.1) is 24.8 Å². The normalized spacial score (nSPS) is 19.6. The SMILES string of the molecule is Cc1cc(NCC2COCCN2)ccc1C#N. The van der Waals surface area contributed by atoms with E-state index in [9.17, 15) is 0 Å². The average Bonchev–Trinajstić information content (AvgIpc) is 2.38. The molecule has 4 nitrogen and oxygen atoms in total. The molecule has 0 bridgehead atoms. The van der Waals surface area contributed by atoms with Crippen LogP contribution in [0.1, 0.15) is 11.1 Å². The van der Waals surface area contributed by atoms with E-state index in [1.165, 1.54) is 0 Å². The first-order chi connectivity index (χ1) is 8.29. The number of anilines is 1. The molecule has 1 saturated heterocycles. The van der Waals surface area contributed by atoms with Crippen LogP contribution in [0.15, 0.2) is 18.2 Å². The molecule has 1 aliphatic heterocycles. The van der Waals surface area contributed by atoms with Crippen molar-refractivity contribution in [3.63, 3.8) is 0 Å². The van der Waals surface area contributed by atoms with Crippen molar-refractivity contribution in [2.24, 2.45) is 0 Å². The molecule has 90 valence electrons. The predicted octanol–water partition coefficient (Wildman–Crippen LogP) is 1.27. The lowest BCUT2D eigenvalue weighted by molar-refractivity contribution is 0.0806. The number of rotatable bonds is 3. The summed E-state index contributed by atoms with van der Waals surface area (Å²) in [6.07, 6.45) is 0. The minimum Gasteiger partial charge on any atom is -0.383 e. The van der Waals surface area contributed by atoms with E-state index in [0.29, 0.717) is 6.04 Å². The fourth-order valence-electron chi connectivity index (χ4n) is 1.89. The monoisotopic (exact) mass is 231 g/mol. The zero-order valence-corrected chi connectivity index (χ0v) is 9.99. The van der Waals surface area contributed by atoms with Gasteiger partial charge in [0.2, 0.25) is 0 Å². The summed E-state index contributed by atoms with van der Waals surface area (Å²) < 4.78 is 5.39. The fourth-order valence-corrected chi connectivity index (χ4v) is 1.89. The van der Waals surface area contributed by atoms with Crippen molar-refractivity contribution in [2.45, 2.75) is 13.0 Å². The Morgan fingerprint density at radius 3 is 3.12 bits per heavy atom. The highest BCUT2D eigenvalue weighted by atomic mass is 16.5. The summed E-state index contributed by atoms with van der Waals surface area (Å²) in [5, 5.41) is 15.6. The average molecular weight is 231 g/mol. The van der Waals surface area contributed by atoms with Gasteiger partial charge in [0, 0.05) is 24.8 Å². The lowest BCUT2D eigenvalue weighted by atomic mass is 10.1. The van der Waals surface area contributed by atoms with E-state index >= 15 is 0 Å². The summed E-state index contributed by atoms with van der Waals surface area (Å²) >= 11 is 0. The molecule has 2 rings (SSSR count).